The average molecular weight is 168 g/mol. The fourth-order valence-corrected chi connectivity index (χ4v) is 0.753. The predicted octanol–water partition coefficient (Wildman–Crippen LogP) is 0.385. The van der Waals surface area contributed by atoms with Gasteiger partial charge in [0.15, 0.2) is 11.6 Å². The molecule has 0 atom stereocenters. The van der Waals surface area contributed by atoms with Gasteiger partial charge in [0.1, 0.15) is 6.54 Å². The SMILES string of the molecule is CC(=O)Cn1nnc(C(C)C)n1. The lowest BCUT2D eigenvalue weighted by Crippen LogP contribution is -2.09. The lowest BCUT2D eigenvalue weighted by atomic mass is 10.2. The van der Waals surface area contributed by atoms with Crippen molar-refractivity contribution in [2.75, 3.05) is 0 Å². The number of nitrogens with zero attached hydrogens (tertiary/aromatic N) is 4. The van der Waals surface area contributed by atoms with E-state index >= 15 is 0 Å². The van der Waals surface area contributed by atoms with Gasteiger partial charge in [0.25, 0.3) is 0 Å². The van der Waals surface area contributed by atoms with Crippen molar-refractivity contribution >= 4 is 5.78 Å². The Morgan fingerprint density at radius 2 is 2.25 bits per heavy atom. The Morgan fingerprint density at radius 3 is 2.67 bits per heavy atom. The maximum Gasteiger partial charge on any atom is 0.177 e. The first-order valence-corrected chi connectivity index (χ1v) is 3.86. The van der Waals surface area contributed by atoms with Gasteiger partial charge in [-0.25, -0.2) is 0 Å². The van der Waals surface area contributed by atoms with Gasteiger partial charge in [-0.1, -0.05) is 13.8 Å². The van der Waals surface area contributed by atoms with Gasteiger partial charge in [0.2, 0.25) is 0 Å². The maximum absolute atomic E-state index is 10.7. The lowest BCUT2D eigenvalue weighted by Gasteiger charge is -1.94. The molecule has 0 aliphatic heterocycles. The number of carbonyl (C=O) groups is 1. The highest BCUT2D eigenvalue weighted by Gasteiger charge is 2.07. The zero-order valence-corrected chi connectivity index (χ0v) is 7.48. The van der Waals surface area contributed by atoms with Gasteiger partial charge in [-0.2, -0.15) is 4.80 Å². The molecule has 0 N–H and O–H groups in total. The van der Waals surface area contributed by atoms with Gasteiger partial charge in [-0.05, 0) is 12.1 Å². The molecule has 0 fully saturated rings. The summed E-state index contributed by atoms with van der Waals surface area (Å²) in [4.78, 5) is 12.0. The van der Waals surface area contributed by atoms with Crippen molar-refractivity contribution in [3.63, 3.8) is 0 Å². The molecule has 5 heteroatoms. The topological polar surface area (TPSA) is 60.7 Å². The number of carbonyl (C=O) groups excluding carboxylic acids is 1. The fourth-order valence-electron chi connectivity index (χ4n) is 0.753. The molecule has 5 nitrogen and oxygen atoms in total. The molecule has 0 spiro atoms. The number of hydrogen-bond acceptors (Lipinski definition) is 4. The summed E-state index contributed by atoms with van der Waals surface area (Å²) < 4.78 is 0. The van der Waals surface area contributed by atoms with Crippen LogP contribution in [-0.2, 0) is 11.3 Å². The third-order valence-corrected chi connectivity index (χ3v) is 1.35. The summed E-state index contributed by atoms with van der Waals surface area (Å²) >= 11 is 0. The number of aromatic nitrogens is 4. The highest BCUT2D eigenvalue weighted by molar-refractivity contribution is 5.74. The zero-order chi connectivity index (χ0) is 9.14. The minimum Gasteiger partial charge on any atom is -0.298 e. The van der Waals surface area contributed by atoms with E-state index in [2.05, 4.69) is 15.4 Å². The Morgan fingerprint density at radius 1 is 1.58 bits per heavy atom. The Balaban J connectivity index is 2.70. The van der Waals surface area contributed by atoms with Crippen molar-refractivity contribution in [3.8, 4) is 0 Å². The zero-order valence-electron chi connectivity index (χ0n) is 7.48. The van der Waals surface area contributed by atoms with Gasteiger partial charge in [-0.3, -0.25) is 4.79 Å². The fraction of sp³-hybridized carbons (Fsp3) is 0.714. The molecule has 0 radical (unpaired) electrons. The van der Waals surface area contributed by atoms with E-state index in [-0.39, 0.29) is 18.2 Å². The highest BCUT2D eigenvalue weighted by Crippen LogP contribution is 2.04. The molecule has 1 rings (SSSR count). The van der Waals surface area contributed by atoms with Crippen molar-refractivity contribution < 1.29 is 4.79 Å². The number of tetrazole rings is 1. The van der Waals surface area contributed by atoms with E-state index in [1.54, 1.807) is 0 Å². The van der Waals surface area contributed by atoms with Gasteiger partial charge in [0, 0.05) is 5.92 Å². The van der Waals surface area contributed by atoms with Gasteiger partial charge >= 0.3 is 0 Å². The van der Waals surface area contributed by atoms with Crippen LogP contribution in [0.1, 0.15) is 32.5 Å². The van der Waals surface area contributed by atoms with Crippen LogP contribution >= 0.6 is 0 Å². The Hall–Kier alpha value is -1.26. The number of Topliss-reactive ketones (excluding diaryl/α,β-unsaturated/α-hetero) is 1. The van der Waals surface area contributed by atoms with Crippen LogP contribution in [0.5, 0.6) is 0 Å². The summed E-state index contributed by atoms with van der Waals surface area (Å²) in [6.07, 6.45) is 0. The molecule has 12 heavy (non-hydrogen) atoms. The molecule has 66 valence electrons. The highest BCUT2D eigenvalue weighted by atomic mass is 16.1. The van der Waals surface area contributed by atoms with Crippen molar-refractivity contribution in [2.24, 2.45) is 0 Å². The van der Waals surface area contributed by atoms with E-state index in [4.69, 9.17) is 0 Å². The van der Waals surface area contributed by atoms with Crippen molar-refractivity contribution in [2.45, 2.75) is 33.2 Å². The van der Waals surface area contributed by atoms with Crippen LogP contribution in [0.4, 0.5) is 0 Å². The standard InChI is InChI=1S/C7H12N4O/c1-5(2)7-8-10-11(9-7)4-6(3)12/h5H,4H2,1-3H3. The van der Waals surface area contributed by atoms with E-state index in [0.717, 1.165) is 0 Å². The minimum atomic E-state index is 0.0303. The van der Waals surface area contributed by atoms with Crippen molar-refractivity contribution in [3.05, 3.63) is 5.82 Å². The molecule has 0 aliphatic rings. The molecule has 0 unspecified atom stereocenters. The van der Waals surface area contributed by atoms with Crippen LogP contribution in [-0.4, -0.2) is 26.0 Å². The smallest absolute Gasteiger partial charge is 0.177 e. The molecule has 0 amide bonds. The van der Waals surface area contributed by atoms with Crippen LogP contribution in [0.2, 0.25) is 0 Å². The van der Waals surface area contributed by atoms with E-state index < -0.39 is 0 Å². The Kier molecular flexibility index (Phi) is 2.52. The van der Waals surface area contributed by atoms with Gasteiger partial charge in [-0.15, -0.1) is 10.2 Å². The summed E-state index contributed by atoms with van der Waals surface area (Å²) in [6, 6.07) is 0. The van der Waals surface area contributed by atoms with Crippen LogP contribution in [0.15, 0.2) is 0 Å². The van der Waals surface area contributed by atoms with Crippen LogP contribution in [0, 0.1) is 0 Å². The van der Waals surface area contributed by atoms with Crippen LogP contribution in [0.3, 0.4) is 0 Å². The second-order valence-corrected chi connectivity index (χ2v) is 3.03. The molecule has 0 bridgehead atoms. The third-order valence-electron chi connectivity index (χ3n) is 1.35. The van der Waals surface area contributed by atoms with E-state index in [0.29, 0.717) is 5.82 Å². The molecular weight excluding hydrogens is 156 g/mol. The second-order valence-electron chi connectivity index (χ2n) is 3.03. The van der Waals surface area contributed by atoms with Crippen molar-refractivity contribution in [1.82, 2.24) is 20.2 Å². The minimum absolute atomic E-state index is 0.0303. The van der Waals surface area contributed by atoms with Gasteiger partial charge in [0.05, 0.1) is 0 Å². The monoisotopic (exact) mass is 168 g/mol. The summed E-state index contributed by atoms with van der Waals surface area (Å²) in [5.41, 5.74) is 0. The van der Waals surface area contributed by atoms with Crippen molar-refractivity contribution in [1.29, 1.82) is 0 Å². The van der Waals surface area contributed by atoms with Crippen LogP contribution in [0.25, 0.3) is 0 Å². The first-order valence-electron chi connectivity index (χ1n) is 3.86. The quantitative estimate of drug-likeness (QED) is 0.654. The summed E-state index contributed by atoms with van der Waals surface area (Å²) in [5.74, 6) is 0.963. The number of rotatable bonds is 3. The normalized spacial score (nSPS) is 10.7. The molecule has 0 aliphatic carbocycles. The molecular formula is C7H12N4O. The first kappa shape index (κ1) is 8.83. The molecule has 0 saturated heterocycles. The van der Waals surface area contributed by atoms with E-state index in [9.17, 15) is 4.79 Å². The molecule has 0 saturated carbocycles. The van der Waals surface area contributed by atoms with Gasteiger partial charge < -0.3 is 0 Å². The van der Waals surface area contributed by atoms with E-state index in [1.807, 2.05) is 13.8 Å². The molecule has 1 aromatic heterocycles. The Bertz CT molecular complexity index is 279. The molecule has 0 aromatic carbocycles. The third kappa shape index (κ3) is 2.11. The maximum atomic E-state index is 10.7. The largest absolute Gasteiger partial charge is 0.298 e. The first-order chi connectivity index (χ1) is 5.59. The molecule has 1 aromatic rings. The summed E-state index contributed by atoms with van der Waals surface area (Å²) in [5, 5.41) is 11.6. The number of ketones is 1. The number of hydrogen-bond donors (Lipinski definition) is 0. The van der Waals surface area contributed by atoms with E-state index in [1.165, 1.54) is 11.7 Å². The second kappa shape index (κ2) is 3.42. The lowest BCUT2D eigenvalue weighted by molar-refractivity contribution is -0.117. The van der Waals surface area contributed by atoms with Crippen LogP contribution < -0.4 is 0 Å². The Labute approximate surface area is 70.8 Å². The summed E-state index contributed by atoms with van der Waals surface area (Å²) in [7, 11) is 0. The molecule has 1 heterocycles. The predicted molar refractivity (Wildman–Crippen MR) is 42.6 cm³/mol. The summed E-state index contributed by atoms with van der Waals surface area (Å²) in [6.45, 7) is 5.67. The average Bonchev–Trinajstić information content (AvgIpc) is 2.34.